The molecule has 1 aromatic rings. The molecule has 0 bridgehead atoms. The molecule has 0 fully saturated rings. The highest BCUT2D eigenvalue weighted by molar-refractivity contribution is 6.31. The van der Waals surface area contributed by atoms with E-state index in [0.717, 1.165) is 18.7 Å². The number of rotatable bonds is 8. The highest BCUT2D eigenvalue weighted by Crippen LogP contribution is 2.25. The summed E-state index contributed by atoms with van der Waals surface area (Å²) in [5.41, 5.74) is 0.805. The van der Waals surface area contributed by atoms with Crippen molar-refractivity contribution < 1.29 is 9.84 Å². The lowest BCUT2D eigenvalue weighted by Crippen LogP contribution is -2.35. The summed E-state index contributed by atoms with van der Waals surface area (Å²) in [6.45, 7) is 6.71. The first-order chi connectivity index (χ1) is 9.06. The molecule has 3 nitrogen and oxygen atoms in total. The minimum absolute atomic E-state index is 0.439. The summed E-state index contributed by atoms with van der Waals surface area (Å²) in [6, 6.07) is 7.90. The van der Waals surface area contributed by atoms with Crippen LogP contribution in [0, 0.1) is 0 Å². The van der Waals surface area contributed by atoms with Gasteiger partial charge >= 0.3 is 0 Å². The molecule has 0 aromatic heterocycles. The van der Waals surface area contributed by atoms with Crippen LogP contribution in [-0.2, 0) is 4.74 Å². The van der Waals surface area contributed by atoms with Crippen molar-refractivity contribution >= 4 is 11.6 Å². The Hall–Kier alpha value is -0.610. The molecular weight excluding hydrogens is 262 g/mol. The van der Waals surface area contributed by atoms with Crippen molar-refractivity contribution in [1.82, 2.24) is 4.90 Å². The van der Waals surface area contributed by atoms with Gasteiger partial charge in [0.2, 0.25) is 0 Å². The Labute approximate surface area is 121 Å². The lowest BCUT2D eigenvalue weighted by molar-refractivity contribution is 0.102. The van der Waals surface area contributed by atoms with Crippen LogP contribution in [0.1, 0.15) is 31.9 Å². The molecule has 19 heavy (non-hydrogen) atoms. The summed E-state index contributed by atoms with van der Waals surface area (Å²) < 4.78 is 5.11. The van der Waals surface area contributed by atoms with E-state index in [1.165, 1.54) is 0 Å². The van der Waals surface area contributed by atoms with E-state index in [1.54, 1.807) is 7.11 Å². The molecule has 1 N–H and O–H groups in total. The molecule has 0 aliphatic heterocycles. The summed E-state index contributed by atoms with van der Waals surface area (Å²) in [7, 11) is 1.71. The average Bonchev–Trinajstić information content (AvgIpc) is 2.38. The van der Waals surface area contributed by atoms with E-state index in [9.17, 15) is 5.11 Å². The van der Waals surface area contributed by atoms with E-state index in [1.807, 2.05) is 24.3 Å². The van der Waals surface area contributed by atoms with Crippen molar-refractivity contribution in [2.24, 2.45) is 0 Å². The maximum atomic E-state index is 10.2. The predicted octanol–water partition coefficient (Wildman–Crippen LogP) is 3.12. The van der Waals surface area contributed by atoms with E-state index >= 15 is 0 Å². The van der Waals surface area contributed by atoms with Gasteiger partial charge in [-0.05, 0) is 31.9 Å². The standard InChI is InChI=1S/C15H24ClNO2/c1-12(2)17(10-11-19-3)9-8-15(18)13-6-4-5-7-14(13)16/h4-7,12,15,18H,8-11H2,1-3H3. The third-order valence-corrected chi connectivity index (χ3v) is 3.61. The van der Waals surface area contributed by atoms with Gasteiger partial charge in [0, 0.05) is 31.3 Å². The highest BCUT2D eigenvalue weighted by atomic mass is 35.5. The van der Waals surface area contributed by atoms with Gasteiger partial charge in [0.25, 0.3) is 0 Å². The molecule has 0 amide bonds. The first-order valence-corrected chi connectivity index (χ1v) is 7.09. The Kier molecular flexibility index (Phi) is 7.39. The van der Waals surface area contributed by atoms with Gasteiger partial charge in [-0.25, -0.2) is 0 Å². The molecule has 4 heteroatoms. The number of benzene rings is 1. The summed E-state index contributed by atoms with van der Waals surface area (Å²) in [4.78, 5) is 2.30. The van der Waals surface area contributed by atoms with Gasteiger partial charge in [0.05, 0.1) is 12.7 Å². The fourth-order valence-electron chi connectivity index (χ4n) is 2.03. The number of ether oxygens (including phenoxy) is 1. The number of hydrogen-bond acceptors (Lipinski definition) is 3. The van der Waals surface area contributed by atoms with Gasteiger partial charge in [-0.2, -0.15) is 0 Å². The molecule has 108 valence electrons. The molecule has 1 atom stereocenters. The minimum atomic E-state index is -0.516. The number of nitrogens with zero attached hydrogens (tertiary/aromatic N) is 1. The molecule has 0 aliphatic rings. The fraction of sp³-hybridized carbons (Fsp3) is 0.600. The van der Waals surface area contributed by atoms with Crippen molar-refractivity contribution in [2.45, 2.75) is 32.4 Å². The maximum Gasteiger partial charge on any atom is 0.0816 e. The molecule has 0 saturated carbocycles. The van der Waals surface area contributed by atoms with E-state index in [4.69, 9.17) is 16.3 Å². The molecule has 0 aliphatic carbocycles. The van der Waals surface area contributed by atoms with Gasteiger partial charge < -0.3 is 9.84 Å². The molecule has 0 heterocycles. The Bertz CT molecular complexity index is 371. The molecule has 0 saturated heterocycles. The zero-order valence-electron chi connectivity index (χ0n) is 12.0. The number of aliphatic hydroxyl groups excluding tert-OH is 1. The van der Waals surface area contributed by atoms with E-state index in [2.05, 4.69) is 18.7 Å². The zero-order chi connectivity index (χ0) is 14.3. The van der Waals surface area contributed by atoms with Crippen LogP contribution < -0.4 is 0 Å². The number of halogens is 1. The Balaban J connectivity index is 2.52. The van der Waals surface area contributed by atoms with Crippen LogP contribution in [0.4, 0.5) is 0 Å². The summed E-state index contributed by atoms with van der Waals surface area (Å²) in [5.74, 6) is 0. The average molecular weight is 286 g/mol. The van der Waals surface area contributed by atoms with E-state index in [0.29, 0.717) is 24.1 Å². The van der Waals surface area contributed by atoms with Crippen LogP contribution in [0.5, 0.6) is 0 Å². The Morgan fingerprint density at radius 2 is 1.95 bits per heavy atom. The van der Waals surface area contributed by atoms with Crippen molar-refractivity contribution in [3.8, 4) is 0 Å². The SMILES string of the molecule is COCCN(CCC(O)c1ccccc1Cl)C(C)C. The maximum absolute atomic E-state index is 10.2. The second-order valence-corrected chi connectivity index (χ2v) is 5.36. The number of hydrogen-bond donors (Lipinski definition) is 1. The normalized spacial score (nSPS) is 13.2. The van der Waals surface area contributed by atoms with Gasteiger partial charge in [-0.1, -0.05) is 29.8 Å². The first-order valence-electron chi connectivity index (χ1n) is 6.71. The Morgan fingerprint density at radius 1 is 1.26 bits per heavy atom. The second-order valence-electron chi connectivity index (χ2n) is 4.95. The lowest BCUT2D eigenvalue weighted by Gasteiger charge is -2.27. The largest absolute Gasteiger partial charge is 0.388 e. The van der Waals surface area contributed by atoms with Crippen LogP contribution in [0.15, 0.2) is 24.3 Å². The lowest BCUT2D eigenvalue weighted by atomic mass is 10.1. The van der Waals surface area contributed by atoms with Crippen molar-refractivity contribution in [3.05, 3.63) is 34.9 Å². The van der Waals surface area contributed by atoms with Crippen LogP contribution in [0.25, 0.3) is 0 Å². The second kappa shape index (κ2) is 8.54. The van der Waals surface area contributed by atoms with Crippen molar-refractivity contribution in [1.29, 1.82) is 0 Å². The van der Waals surface area contributed by atoms with Crippen LogP contribution >= 0.6 is 11.6 Å². The van der Waals surface area contributed by atoms with Gasteiger partial charge in [0.1, 0.15) is 0 Å². The summed E-state index contributed by atoms with van der Waals surface area (Å²) in [6.07, 6.45) is 0.156. The third kappa shape index (κ3) is 5.49. The van der Waals surface area contributed by atoms with Crippen molar-refractivity contribution in [2.75, 3.05) is 26.8 Å². The van der Waals surface area contributed by atoms with Gasteiger partial charge in [-0.3, -0.25) is 4.90 Å². The van der Waals surface area contributed by atoms with E-state index < -0.39 is 6.10 Å². The van der Waals surface area contributed by atoms with Crippen LogP contribution in [0.3, 0.4) is 0 Å². The Morgan fingerprint density at radius 3 is 2.53 bits per heavy atom. The highest BCUT2D eigenvalue weighted by Gasteiger charge is 2.15. The van der Waals surface area contributed by atoms with Crippen LogP contribution in [-0.4, -0.2) is 42.9 Å². The van der Waals surface area contributed by atoms with Crippen molar-refractivity contribution in [3.63, 3.8) is 0 Å². The smallest absolute Gasteiger partial charge is 0.0816 e. The zero-order valence-corrected chi connectivity index (χ0v) is 12.7. The van der Waals surface area contributed by atoms with Gasteiger partial charge in [0.15, 0.2) is 0 Å². The molecule has 1 aromatic carbocycles. The molecule has 0 spiro atoms. The topological polar surface area (TPSA) is 32.7 Å². The monoisotopic (exact) mass is 285 g/mol. The predicted molar refractivity (Wildman–Crippen MR) is 79.6 cm³/mol. The molecule has 1 rings (SSSR count). The number of aliphatic hydroxyl groups is 1. The van der Waals surface area contributed by atoms with Crippen LogP contribution in [0.2, 0.25) is 5.02 Å². The molecular formula is C15H24ClNO2. The van der Waals surface area contributed by atoms with Gasteiger partial charge in [-0.15, -0.1) is 0 Å². The first kappa shape index (κ1) is 16.4. The summed E-state index contributed by atoms with van der Waals surface area (Å²) >= 11 is 6.09. The number of methoxy groups -OCH3 is 1. The summed E-state index contributed by atoms with van der Waals surface area (Å²) in [5, 5.41) is 10.8. The fourth-order valence-corrected chi connectivity index (χ4v) is 2.29. The third-order valence-electron chi connectivity index (χ3n) is 3.27. The molecule has 0 radical (unpaired) electrons. The minimum Gasteiger partial charge on any atom is -0.388 e. The molecule has 1 unspecified atom stereocenters. The van der Waals surface area contributed by atoms with E-state index in [-0.39, 0.29) is 0 Å². The quantitative estimate of drug-likeness (QED) is 0.797.